The average Bonchev–Trinajstić information content (AvgIpc) is 2.77. The van der Waals surface area contributed by atoms with Crippen molar-refractivity contribution in [2.24, 2.45) is 23.4 Å². The molecule has 0 aromatic carbocycles. The average molecular weight is 429 g/mol. The van der Waals surface area contributed by atoms with Gasteiger partial charge in [0.25, 0.3) is 0 Å². The van der Waals surface area contributed by atoms with E-state index in [-0.39, 0.29) is 12.3 Å². The van der Waals surface area contributed by atoms with Crippen LogP contribution in [0.5, 0.6) is 0 Å². The van der Waals surface area contributed by atoms with E-state index in [9.17, 15) is 0 Å². The van der Waals surface area contributed by atoms with E-state index in [4.69, 9.17) is 27.9 Å². The van der Waals surface area contributed by atoms with Gasteiger partial charge >= 0.3 is 0 Å². The molecule has 5 atom stereocenters. The SMILES string of the molecule is COC1CC=C(C[NH2+]C(NN)NC2CCCCC2C(N)C2CCC(Cl)CC2)CC1. The standard InChI is InChI=1S/C22H42ClN5O/c1-29-18-12-6-15(7-13-18)14-26-22(28-25)27-20-5-3-2-4-19(20)21(24)16-8-10-17(23)11-9-16/h6,16-22,26-28H,2-5,7-14,24-25H2,1H3/p+1. The van der Waals surface area contributed by atoms with Gasteiger partial charge in [0.1, 0.15) is 0 Å². The normalized spacial score (nSPS) is 35.7. The molecule has 3 aliphatic carbocycles. The Morgan fingerprint density at radius 2 is 1.93 bits per heavy atom. The van der Waals surface area contributed by atoms with Gasteiger partial charge in [0.15, 0.2) is 0 Å². The molecule has 5 unspecified atom stereocenters. The van der Waals surface area contributed by atoms with Gasteiger partial charge in [-0.1, -0.05) is 18.9 Å². The van der Waals surface area contributed by atoms with Crippen LogP contribution >= 0.6 is 11.6 Å². The van der Waals surface area contributed by atoms with Crippen molar-refractivity contribution in [2.75, 3.05) is 13.7 Å². The number of hydrogen-bond acceptors (Lipinski definition) is 5. The van der Waals surface area contributed by atoms with Gasteiger partial charge in [-0.05, 0) is 75.2 Å². The highest BCUT2D eigenvalue weighted by atomic mass is 35.5. The molecule has 6 nitrogen and oxygen atoms in total. The van der Waals surface area contributed by atoms with Gasteiger partial charge in [0.2, 0.25) is 6.29 Å². The number of rotatable bonds is 9. The minimum atomic E-state index is 0.0208. The van der Waals surface area contributed by atoms with E-state index in [0.717, 1.165) is 38.6 Å². The Morgan fingerprint density at radius 3 is 2.59 bits per heavy atom. The maximum Gasteiger partial charge on any atom is 0.209 e. The van der Waals surface area contributed by atoms with Crippen LogP contribution in [-0.4, -0.2) is 43.5 Å². The largest absolute Gasteiger partial charge is 0.381 e. The highest BCUT2D eigenvalue weighted by molar-refractivity contribution is 6.20. The van der Waals surface area contributed by atoms with E-state index in [1.54, 1.807) is 7.11 Å². The second-order valence-corrected chi connectivity index (χ2v) is 10.0. The number of nitrogens with one attached hydrogen (secondary N) is 2. The second kappa shape index (κ2) is 12.0. The highest BCUT2D eigenvalue weighted by Gasteiger charge is 2.36. The zero-order valence-electron chi connectivity index (χ0n) is 18.1. The molecule has 3 aliphatic rings. The molecule has 7 heteroatoms. The Morgan fingerprint density at radius 1 is 1.17 bits per heavy atom. The van der Waals surface area contributed by atoms with Crippen LogP contribution < -0.4 is 27.6 Å². The van der Waals surface area contributed by atoms with Crippen molar-refractivity contribution in [1.82, 2.24) is 10.7 Å². The predicted molar refractivity (Wildman–Crippen MR) is 119 cm³/mol. The summed E-state index contributed by atoms with van der Waals surface area (Å²) in [6.07, 6.45) is 15.6. The van der Waals surface area contributed by atoms with Gasteiger partial charge in [-0.25, -0.2) is 0 Å². The van der Waals surface area contributed by atoms with E-state index in [0.29, 0.717) is 29.4 Å². The quantitative estimate of drug-likeness (QED) is 0.126. The molecule has 0 bridgehead atoms. The van der Waals surface area contributed by atoms with Crippen LogP contribution in [0.3, 0.4) is 0 Å². The van der Waals surface area contributed by atoms with Gasteiger partial charge in [-0.2, -0.15) is 5.43 Å². The van der Waals surface area contributed by atoms with Crippen LogP contribution in [0.1, 0.15) is 70.6 Å². The summed E-state index contributed by atoms with van der Waals surface area (Å²) >= 11 is 6.31. The van der Waals surface area contributed by atoms with E-state index in [1.165, 1.54) is 44.1 Å². The Kier molecular flexibility index (Phi) is 9.69. The summed E-state index contributed by atoms with van der Waals surface area (Å²) in [5.41, 5.74) is 11.3. The third kappa shape index (κ3) is 6.89. The fourth-order valence-corrected chi connectivity index (χ4v) is 5.84. The predicted octanol–water partition coefficient (Wildman–Crippen LogP) is 1.70. The zero-order valence-corrected chi connectivity index (χ0v) is 18.9. The van der Waals surface area contributed by atoms with Gasteiger partial charge in [-0.3, -0.25) is 11.2 Å². The zero-order chi connectivity index (χ0) is 20.6. The lowest BCUT2D eigenvalue weighted by Crippen LogP contribution is -2.98. The Hall–Kier alpha value is -0.210. The lowest BCUT2D eigenvalue weighted by Gasteiger charge is -2.41. The summed E-state index contributed by atoms with van der Waals surface area (Å²) in [5, 5.41) is 6.44. The molecule has 0 saturated heterocycles. The Bertz CT molecular complexity index is 511. The fourth-order valence-electron chi connectivity index (χ4n) is 5.59. The number of halogens is 1. The van der Waals surface area contributed by atoms with E-state index >= 15 is 0 Å². The number of quaternary nitrogens is 1. The van der Waals surface area contributed by atoms with Crippen LogP contribution in [-0.2, 0) is 4.74 Å². The number of nitrogens with two attached hydrogens (primary N) is 3. The maximum atomic E-state index is 6.83. The summed E-state index contributed by atoms with van der Waals surface area (Å²) in [4.78, 5) is 0. The Labute approximate surface area is 181 Å². The van der Waals surface area contributed by atoms with Gasteiger partial charge < -0.3 is 15.8 Å². The number of ether oxygens (including phenoxy) is 1. The first kappa shape index (κ1) is 23.5. The van der Waals surface area contributed by atoms with Crippen molar-refractivity contribution < 1.29 is 10.1 Å². The van der Waals surface area contributed by atoms with Crippen LogP contribution in [0.2, 0.25) is 0 Å². The topological polar surface area (TPSA) is 102 Å². The number of hydrazine groups is 1. The minimum Gasteiger partial charge on any atom is -0.381 e. The third-order valence-electron chi connectivity index (χ3n) is 7.54. The molecule has 0 aromatic heterocycles. The number of alkyl halides is 1. The molecule has 168 valence electrons. The van der Waals surface area contributed by atoms with Crippen molar-refractivity contribution in [3.63, 3.8) is 0 Å². The number of hydrogen-bond donors (Lipinski definition) is 5. The molecule has 3 rings (SSSR count). The molecular weight excluding hydrogens is 386 g/mol. The summed E-state index contributed by atoms with van der Waals surface area (Å²) < 4.78 is 5.46. The molecule has 2 saturated carbocycles. The first-order valence-electron chi connectivity index (χ1n) is 11.8. The maximum absolute atomic E-state index is 6.83. The summed E-state index contributed by atoms with van der Waals surface area (Å²) in [6, 6.07) is 0.699. The molecule has 0 radical (unpaired) electrons. The smallest absolute Gasteiger partial charge is 0.209 e. The van der Waals surface area contributed by atoms with Crippen LogP contribution in [0.15, 0.2) is 11.6 Å². The molecular formula is C22H43ClN5O+. The van der Waals surface area contributed by atoms with Crippen LogP contribution in [0, 0.1) is 11.8 Å². The highest BCUT2D eigenvalue weighted by Crippen LogP contribution is 2.36. The second-order valence-electron chi connectivity index (χ2n) is 9.39. The summed E-state index contributed by atoms with van der Waals surface area (Å²) in [7, 11) is 1.81. The van der Waals surface area contributed by atoms with Crippen LogP contribution in [0.25, 0.3) is 0 Å². The third-order valence-corrected chi connectivity index (χ3v) is 7.98. The molecule has 0 spiro atoms. The summed E-state index contributed by atoms with van der Waals surface area (Å²) in [6.45, 7) is 0.974. The van der Waals surface area contributed by atoms with E-state index < -0.39 is 0 Å². The molecule has 29 heavy (non-hydrogen) atoms. The minimum absolute atomic E-state index is 0.0208. The monoisotopic (exact) mass is 428 g/mol. The van der Waals surface area contributed by atoms with Gasteiger partial charge in [0, 0.05) is 24.6 Å². The number of methoxy groups -OCH3 is 1. The molecule has 2 fully saturated rings. The van der Waals surface area contributed by atoms with Gasteiger partial charge in [0.05, 0.1) is 12.6 Å². The first-order valence-corrected chi connectivity index (χ1v) is 12.2. The molecule has 0 aliphatic heterocycles. The molecule has 0 heterocycles. The Balaban J connectivity index is 1.50. The summed E-state index contributed by atoms with van der Waals surface area (Å²) in [5.74, 6) is 7.05. The van der Waals surface area contributed by atoms with Crippen molar-refractivity contribution in [1.29, 1.82) is 0 Å². The van der Waals surface area contributed by atoms with E-state index in [1.807, 2.05) is 0 Å². The van der Waals surface area contributed by atoms with Crippen molar-refractivity contribution in [2.45, 2.75) is 100 Å². The van der Waals surface area contributed by atoms with Crippen LogP contribution in [0.4, 0.5) is 0 Å². The van der Waals surface area contributed by atoms with Crippen molar-refractivity contribution >= 4 is 11.6 Å². The molecule has 0 aromatic rings. The van der Waals surface area contributed by atoms with Crippen molar-refractivity contribution in [3.8, 4) is 0 Å². The lowest BCUT2D eigenvalue weighted by molar-refractivity contribution is -0.694. The molecule has 0 amide bonds. The molecule has 8 N–H and O–H groups in total. The van der Waals surface area contributed by atoms with Crippen molar-refractivity contribution in [3.05, 3.63) is 11.6 Å². The fraction of sp³-hybridized carbons (Fsp3) is 0.909. The first-order chi connectivity index (χ1) is 14.1. The lowest BCUT2D eigenvalue weighted by atomic mass is 9.72. The van der Waals surface area contributed by atoms with Gasteiger partial charge in [-0.15, -0.1) is 11.6 Å². The van der Waals surface area contributed by atoms with E-state index in [2.05, 4.69) is 22.1 Å².